The first-order valence-electron chi connectivity index (χ1n) is 8.28. The minimum absolute atomic E-state index is 0.151. The van der Waals surface area contributed by atoms with Crippen molar-refractivity contribution in [1.29, 1.82) is 0 Å². The summed E-state index contributed by atoms with van der Waals surface area (Å²) in [6.07, 6.45) is 0.535. The summed E-state index contributed by atoms with van der Waals surface area (Å²) in [5.74, 6) is -1.59. The van der Waals surface area contributed by atoms with Crippen LogP contribution in [0, 0.1) is 11.6 Å². The average molecular weight is 484 g/mol. The van der Waals surface area contributed by atoms with Gasteiger partial charge < -0.3 is 0 Å². The zero-order valence-corrected chi connectivity index (χ0v) is 17.2. The van der Waals surface area contributed by atoms with Crippen LogP contribution in [-0.2, 0) is 11.2 Å². The van der Waals surface area contributed by atoms with Gasteiger partial charge in [-0.3, -0.25) is 9.69 Å². The van der Waals surface area contributed by atoms with Crippen molar-refractivity contribution in [2.24, 2.45) is 0 Å². The summed E-state index contributed by atoms with van der Waals surface area (Å²) >= 11 is 16.0. The summed E-state index contributed by atoms with van der Waals surface area (Å²) in [5, 5.41) is 0.632. The smallest absolute Gasteiger partial charge is 0.231 e. The van der Waals surface area contributed by atoms with Crippen LogP contribution in [0.15, 0.2) is 47.1 Å². The SMILES string of the molecule is O=C1CCc2c(cc(Br)nc2-c2ccc(F)cc2F)N1c1c(Cl)cccc1Cl. The van der Waals surface area contributed by atoms with E-state index >= 15 is 0 Å². The molecule has 0 N–H and O–H groups in total. The van der Waals surface area contributed by atoms with Gasteiger partial charge in [0.2, 0.25) is 5.91 Å². The second kappa shape index (κ2) is 7.43. The molecule has 0 spiro atoms. The molecule has 1 aliphatic rings. The molecule has 2 heterocycles. The van der Waals surface area contributed by atoms with Crippen molar-refractivity contribution in [3.05, 3.63) is 74.3 Å². The second-order valence-corrected chi connectivity index (χ2v) is 7.84. The Morgan fingerprint density at radius 3 is 2.43 bits per heavy atom. The number of amides is 1. The van der Waals surface area contributed by atoms with Gasteiger partial charge in [-0.15, -0.1) is 0 Å². The lowest BCUT2D eigenvalue weighted by Crippen LogP contribution is -2.32. The Labute approximate surface area is 178 Å². The third-order valence-electron chi connectivity index (χ3n) is 4.50. The number of carbonyl (C=O) groups excluding carboxylic acids is 1. The van der Waals surface area contributed by atoms with Crippen molar-refractivity contribution in [2.45, 2.75) is 12.8 Å². The quantitative estimate of drug-likeness (QED) is 0.379. The molecule has 2 aromatic carbocycles. The number of hydrogen-bond acceptors (Lipinski definition) is 2. The summed E-state index contributed by atoms with van der Waals surface area (Å²) in [5.41, 5.74) is 2.01. The average Bonchev–Trinajstić information content (AvgIpc) is 2.62. The summed E-state index contributed by atoms with van der Waals surface area (Å²) in [7, 11) is 0. The van der Waals surface area contributed by atoms with E-state index in [2.05, 4.69) is 20.9 Å². The minimum Gasteiger partial charge on any atom is -0.278 e. The molecule has 0 saturated carbocycles. The summed E-state index contributed by atoms with van der Waals surface area (Å²) < 4.78 is 28.2. The standard InChI is InChI=1S/C20H11BrCl2F2N2O/c21-17-9-16-12(19(26-17)11-5-4-10(24)8-15(11)25)6-7-18(28)27(16)20-13(22)2-1-3-14(20)23/h1-5,8-9H,6-7H2. The van der Waals surface area contributed by atoms with Gasteiger partial charge >= 0.3 is 0 Å². The van der Waals surface area contributed by atoms with E-state index in [0.29, 0.717) is 43.7 Å². The molecule has 1 aromatic heterocycles. The van der Waals surface area contributed by atoms with Gasteiger partial charge in [0.15, 0.2) is 0 Å². The number of aromatic nitrogens is 1. The van der Waals surface area contributed by atoms with Crippen LogP contribution in [-0.4, -0.2) is 10.9 Å². The van der Waals surface area contributed by atoms with Gasteiger partial charge in [-0.25, -0.2) is 13.8 Å². The highest BCUT2D eigenvalue weighted by atomic mass is 79.9. The van der Waals surface area contributed by atoms with Crippen LogP contribution in [0.5, 0.6) is 0 Å². The zero-order chi connectivity index (χ0) is 20.0. The molecular weight excluding hydrogens is 473 g/mol. The van der Waals surface area contributed by atoms with Crippen molar-refractivity contribution in [1.82, 2.24) is 4.98 Å². The molecule has 3 aromatic rings. The van der Waals surface area contributed by atoms with Gasteiger partial charge in [0.05, 0.1) is 27.1 Å². The fourth-order valence-electron chi connectivity index (χ4n) is 3.30. The third-order valence-corrected chi connectivity index (χ3v) is 5.51. The van der Waals surface area contributed by atoms with E-state index in [0.717, 1.165) is 6.07 Å². The fraction of sp³-hybridized carbons (Fsp3) is 0.100. The Morgan fingerprint density at radius 1 is 1.04 bits per heavy atom. The maximum absolute atomic E-state index is 14.4. The van der Waals surface area contributed by atoms with Crippen LogP contribution in [0.2, 0.25) is 10.0 Å². The molecule has 0 unspecified atom stereocenters. The summed E-state index contributed by atoms with van der Waals surface area (Å²) in [6.45, 7) is 0. The number of hydrogen-bond donors (Lipinski definition) is 0. The van der Waals surface area contributed by atoms with Gasteiger partial charge in [-0.2, -0.15) is 0 Å². The van der Waals surface area contributed by atoms with Crippen molar-refractivity contribution in [3.63, 3.8) is 0 Å². The van der Waals surface area contributed by atoms with E-state index in [-0.39, 0.29) is 17.9 Å². The van der Waals surface area contributed by atoms with E-state index in [9.17, 15) is 13.6 Å². The van der Waals surface area contributed by atoms with E-state index in [4.69, 9.17) is 23.2 Å². The second-order valence-electron chi connectivity index (χ2n) is 6.21. The number of fused-ring (bicyclic) bond motifs is 1. The molecule has 0 bridgehead atoms. The Kier molecular flexibility index (Phi) is 5.12. The largest absolute Gasteiger partial charge is 0.278 e. The van der Waals surface area contributed by atoms with E-state index in [1.54, 1.807) is 24.3 Å². The Balaban J connectivity index is 1.98. The van der Waals surface area contributed by atoms with E-state index < -0.39 is 11.6 Å². The van der Waals surface area contributed by atoms with Gasteiger partial charge in [0, 0.05) is 23.6 Å². The number of carbonyl (C=O) groups is 1. The highest BCUT2D eigenvalue weighted by Gasteiger charge is 2.32. The van der Waals surface area contributed by atoms with Crippen LogP contribution >= 0.6 is 39.1 Å². The zero-order valence-electron chi connectivity index (χ0n) is 14.1. The highest BCUT2D eigenvalue weighted by Crippen LogP contribution is 2.45. The Morgan fingerprint density at radius 2 is 1.75 bits per heavy atom. The maximum Gasteiger partial charge on any atom is 0.231 e. The minimum atomic E-state index is -0.730. The Hall–Kier alpha value is -2.02. The first kappa shape index (κ1) is 19.3. The highest BCUT2D eigenvalue weighted by molar-refractivity contribution is 9.10. The number of benzene rings is 2. The monoisotopic (exact) mass is 482 g/mol. The molecule has 8 heteroatoms. The van der Waals surface area contributed by atoms with Crippen molar-refractivity contribution in [3.8, 4) is 11.3 Å². The number of nitrogens with zero attached hydrogens (tertiary/aromatic N) is 2. The molecule has 0 radical (unpaired) electrons. The van der Waals surface area contributed by atoms with Gasteiger partial charge in [0.25, 0.3) is 0 Å². The maximum atomic E-state index is 14.4. The van der Waals surface area contributed by atoms with Crippen LogP contribution in [0.3, 0.4) is 0 Å². The van der Waals surface area contributed by atoms with Crippen LogP contribution in [0.25, 0.3) is 11.3 Å². The normalized spacial score (nSPS) is 13.6. The van der Waals surface area contributed by atoms with Gasteiger partial charge in [0.1, 0.15) is 16.2 Å². The number of para-hydroxylation sites is 1. The number of anilines is 2. The molecule has 4 rings (SSSR count). The molecule has 1 amide bonds. The van der Waals surface area contributed by atoms with E-state index in [1.807, 2.05) is 0 Å². The molecule has 3 nitrogen and oxygen atoms in total. The molecule has 0 fully saturated rings. The topological polar surface area (TPSA) is 33.2 Å². The Bertz CT molecular complexity index is 1100. The lowest BCUT2D eigenvalue weighted by molar-refractivity contribution is -0.118. The van der Waals surface area contributed by atoms with Crippen LogP contribution < -0.4 is 4.90 Å². The lowest BCUT2D eigenvalue weighted by Gasteiger charge is -2.32. The number of halogens is 5. The predicted octanol–water partition coefficient (Wildman–Crippen LogP) is 6.71. The first-order chi connectivity index (χ1) is 13.4. The molecular formula is C20H11BrCl2F2N2O. The fourth-order valence-corrected chi connectivity index (χ4v) is 4.26. The first-order valence-corrected chi connectivity index (χ1v) is 9.83. The van der Waals surface area contributed by atoms with Crippen molar-refractivity contribution in [2.75, 3.05) is 4.90 Å². The predicted molar refractivity (Wildman–Crippen MR) is 109 cm³/mol. The number of rotatable bonds is 2. The molecule has 142 valence electrons. The summed E-state index contributed by atoms with van der Waals surface area (Å²) in [4.78, 5) is 18.6. The van der Waals surface area contributed by atoms with Gasteiger partial charge in [-0.1, -0.05) is 29.3 Å². The van der Waals surface area contributed by atoms with Gasteiger partial charge in [-0.05, 0) is 52.7 Å². The van der Waals surface area contributed by atoms with Crippen molar-refractivity contribution >= 4 is 56.4 Å². The van der Waals surface area contributed by atoms with Crippen LogP contribution in [0.4, 0.5) is 20.2 Å². The number of pyridine rings is 1. The van der Waals surface area contributed by atoms with Crippen molar-refractivity contribution < 1.29 is 13.6 Å². The summed E-state index contributed by atoms with van der Waals surface area (Å²) in [6, 6.07) is 9.94. The third kappa shape index (κ3) is 3.30. The molecule has 0 aliphatic carbocycles. The molecule has 28 heavy (non-hydrogen) atoms. The molecule has 0 atom stereocenters. The molecule has 1 aliphatic heterocycles. The van der Waals surface area contributed by atoms with Crippen LogP contribution in [0.1, 0.15) is 12.0 Å². The van der Waals surface area contributed by atoms with E-state index in [1.165, 1.54) is 17.0 Å². The lowest BCUT2D eigenvalue weighted by atomic mass is 9.95. The molecule has 0 saturated heterocycles.